The van der Waals surface area contributed by atoms with Gasteiger partial charge in [-0.15, -0.1) is 0 Å². The van der Waals surface area contributed by atoms with E-state index < -0.39 is 0 Å². The number of pyridine rings is 2. The fraction of sp³-hybridized carbons (Fsp3) is 0.167. The summed E-state index contributed by atoms with van der Waals surface area (Å²) in [5.41, 5.74) is 1.98. The van der Waals surface area contributed by atoms with Crippen molar-refractivity contribution in [3.63, 3.8) is 0 Å². The molecule has 0 aliphatic heterocycles. The molecule has 0 radical (unpaired) electrons. The molecular weight excluding hydrogens is 215 g/mol. The normalized spacial score (nSPS) is 9.76. The lowest BCUT2D eigenvalue weighted by molar-refractivity contribution is 0.454. The largest absolute Gasteiger partial charge is 0.576 e. The van der Waals surface area contributed by atoms with E-state index in [1.54, 1.807) is 24.8 Å². The van der Waals surface area contributed by atoms with Gasteiger partial charge in [-0.3, -0.25) is 9.97 Å². The second kappa shape index (κ2) is 5.34. The Bertz CT molecular complexity index is 460. The quantitative estimate of drug-likeness (QED) is 0.748. The molecule has 5 heteroatoms. The SMILES string of the molecule is Cc1cnccc1OBOc1ccncc1C. The maximum atomic E-state index is 5.51. The summed E-state index contributed by atoms with van der Waals surface area (Å²) in [7, 11) is 0.176. The molecule has 0 bridgehead atoms. The van der Waals surface area contributed by atoms with E-state index in [2.05, 4.69) is 9.97 Å². The monoisotopic (exact) mass is 228 g/mol. The predicted molar refractivity (Wildman–Crippen MR) is 66.4 cm³/mol. The summed E-state index contributed by atoms with van der Waals surface area (Å²) in [6.45, 7) is 3.89. The van der Waals surface area contributed by atoms with Crippen LogP contribution in [0.1, 0.15) is 11.1 Å². The lowest BCUT2D eigenvalue weighted by Crippen LogP contribution is -2.12. The summed E-state index contributed by atoms with van der Waals surface area (Å²) in [6.07, 6.45) is 6.90. The van der Waals surface area contributed by atoms with Crippen LogP contribution < -0.4 is 9.31 Å². The third kappa shape index (κ3) is 2.97. The molecule has 2 heterocycles. The van der Waals surface area contributed by atoms with Crippen LogP contribution in [0.15, 0.2) is 36.9 Å². The number of aromatic nitrogens is 2. The highest BCUT2D eigenvalue weighted by molar-refractivity contribution is 6.20. The fourth-order valence-corrected chi connectivity index (χ4v) is 1.40. The van der Waals surface area contributed by atoms with Crippen molar-refractivity contribution in [3.05, 3.63) is 48.0 Å². The minimum atomic E-state index is 0.176. The third-order valence-corrected chi connectivity index (χ3v) is 2.37. The van der Waals surface area contributed by atoms with Gasteiger partial charge in [0.25, 0.3) is 0 Å². The van der Waals surface area contributed by atoms with Gasteiger partial charge in [-0.1, -0.05) is 0 Å². The summed E-state index contributed by atoms with van der Waals surface area (Å²) in [4.78, 5) is 7.99. The van der Waals surface area contributed by atoms with Gasteiger partial charge in [0.05, 0.1) is 0 Å². The molecule has 2 rings (SSSR count). The molecular formula is C12H13BN2O2. The molecule has 0 aliphatic rings. The lowest BCUT2D eigenvalue weighted by Gasteiger charge is -2.10. The van der Waals surface area contributed by atoms with Crippen LogP contribution in [0.3, 0.4) is 0 Å². The zero-order valence-electron chi connectivity index (χ0n) is 9.88. The second-order valence-corrected chi connectivity index (χ2v) is 3.69. The second-order valence-electron chi connectivity index (χ2n) is 3.69. The first-order valence-corrected chi connectivity index (χ1v) is 5.34. The van der Waals surface area contributed by atoms with Crippen LogP contribution in [0.4, 0.5) is 0 Å². The van der Waals surface area contributed by atoms with Crippen molar-refractivity contribution in [1.82, 2.24) is 9.97 Å². The van der Waals surface area contributed by atoms with Crippen LogP contribution in [-0.4, -0.2) is 17.7 Å². The van der Waals surface area contributed by atoms with Crippen molar-refractivity contribution >= 4 is 7.69 Å². The van der Waals surface area contributed by atoms with E-state index in [0.29, 0.717) is 0 Å². The first kappa shape index (κ1) is 11.5. The van der Waals surface area contributed by atoms with Crippen molar-refractivity contribution in [2.75, 3.05) is 0 Å². The summed E-state index contributed by atoms with van der Waals surface area (Å²) >= 11 is 0. The predicted octanol–water partition coefficient (Wildman–Crippen LogP) is 1.82. The van der Waals surface area contributed by atoms with Crippen molar-refractivity contribution in [3.8, 4) is 11.5 Å². The molecule has 0 N–H and O–H groups in total. The number of hydrogen-bond donors (Lipinski definition) is 0. The van der Waals surface area contributed by atoms with Crippen LogP contribution >= 0.6 is 0 Å². The van der Waals surface area contributed by atoms with Gasteiger partial charge in [-0.2, -0.15) is 0 Å². The molecule has 17 heavy (non-hydrogen) atoms. The molecule has 0 aromatic carbocycles. The van der Waals surface area contributed by atoms with Gasteiger partial charge in [-0.05, 0) is 26.0 Å². The molecule has 2 aromatic heterocycles. The van der Waals surface area contributed by atoms with Crippen LogP contribution in [0, 0.1) is 13.8 Å². The fourth-order valence-electron chi connectivity index (χ4n) is 1.40. The van der Waals surface area contributed by atoms with Gasteiger partial charge in [-0.25, -0.2) is 0 Å². The zero-order chi connectivity index (χ0) is 12.1. The van der Waals surface area contributed by atoms with Crippen molar-refractivity contribution < 1.29 is 9.31 Å². The zero-order valence-corrected chi connectivity index (χ0v) is 9.88. The maximum absolute atomic E-state index is 5.51. The standard InChI is InChI=1S/C12H13BN2O2/c1-9-7-14-5-3-11(9)16-13-17-12-4-6-15-8-10(12)2/h3-8,13H,1-2H3. The Morgan fingerprint density at radius 2 is 1.35 bits per heavy atom. The minimum absolute atomic E-state index is 0.176. The highest BCUT2D eigenvalue weighted by Crippen LogP contribution is 2.16. The molecule has 0 atom stereocenters. The Balaban J connectivity index is 1.93. The highest BCUT2D eigenvalue weighted by Gasteiger charge is 2.03. The number of nitrogens with zero attached hydrogens (tertiary/aromatic N) is 2. The van der Waals surface area contributed by atoms with E-state index in [0.717, 1.165) is 22.6 Å². The number of aryl methyl sites for hydroxylation is 2. The highest BCUT2D eigenvalue weighted by atomic mass is 16.6. The van der Waals surface area contributed by atoms with Crippen LogP contribution in [0.5, 0.6) is 11.5 Å². The molecule has 2 aromatic rings. The van der Waals surface area contributed by atoms with Crippen molar-refractivity contribution in [1.29, 1.82) is 0 Å². The first-order chi connectivity index (χ1) is 8.27. The molecule has 0 fully saturated rings. The Morgan fingerprint density at radius 3 is 1.76 bits per heavy atom. The molecule has 86 valence electrons. The summed E-state index contributed by atoms with van der Waals surface area (Å²) < 4.78 is 11.0. The van der Waals surface area contributed by atoms with Crippen molar-refractivity contribution in [2.24, 2.45) is 0 Å². The molecule has 0 amide bonds. The van der Waals surface area contributed by atoms with E-state index in [4.69, 9.17) is 9.31 Å². The Kier molecular flexibility index (Phi) is 3.60. The molecule has 0 aliphatic carbocycles. The summed E-state index contributed by atoms with van der Waals surface area (Å²) in [6, 6.07) is 3.64. The van der Waals surface area contributed by atoms with E-state index >= 15 is 0 Å². The number of rotatable bonds is 4. The average molecular weight is 228 g/mol. The smallest absolute Gasteiger partial charge is 0.528 e. The van der Waals surface area contributed by atoms with Gasteiger partial charge < -0.3 is 9.31 Å². The molecule has 4 nitrogen and oxygen atoms in total. The van der Waals surface area contributed by atoms with Gasteiger partial charge in [0.1, 0.15) is 11.5 Å². The van der Waals surface area contributed by atoms with Crippen molar-refractivity contribution in [2.45, 2.75) is 13.8 Å². The summed E-state index contributed by atoms with van der Waals surface area (Å²) in [5.74, 6) is 1.57. The summed E-state index contributed by atoms with van der Waals surface area (Å²) in [5, 5.41) is 0. The average Bonchev–Trinajstić information content (AvgIpc) is 2.34. The maximum Gasteiger partial charge on any atom is 0.576 e. The third-order valence-electron chi connectivity index (χ3n) is 2.37. The molecule has 0 unspecified atom stereocenters. The Hall–Kier alpha value is -2.04. The molecule has 0 saturated heterocycles. The van der Waals surface area contributed by atoms with E-state index in [-0.39, 0.29) is 7.69 Å². The van der Waals surface area contributed by atoms with Crippen LogP contribution in [-0.2, 0) is 0 Å². The van der Waals surface area contributed by atoms with Gasteiger partial charge >= 0.3 is 7.69 Å². The van der Waals surface area contributed by atoms with Gasteiger partial charge in [0, 0.05) is 35.9 Å². The molecule has 0 saturated carbocycles. The Labute approximate surface area is 101 Å². The van der Waals surface area contributed by atoms with E-state index in [9.17, 15) is 0 Å². The van der Waals surface area contributed by atoms with E-state index in [1.807, 2.05) is 26.0 Å². The minimum Gasteiger partial charge on any atom is -0.528 e. The van der Waals surface area contributed by atoms with E-state index in [1.165, 1.54) is 0 Å². The van der Waals surface area contributed by atoms with Crippen LogP contribution in [0.25, 0.3) is 0 Å². The Morgan fingerprint density at radius 1 is 0.882 bits per heavy atom. The molecule has 0 spiro atoms. The number of hydrogen-bond acceptors (Lipinski definition) is 4. The van der Waals surface area contributed by atoms with Gasteiger partial charge in [0.2, 0.25) is 0 Å². The van der Waals surface area contributed by atoms with Gasteiger partial charge in [0.15, 0.2) is 0 Å². The van der Waals surface area contributed by atoms with Crippen LogP contribution in [0.2, 0.25) is 0 Å². The lowest BCUT2D eigenvalue weighted by atomic mass is 10.2. The first-order valence-electron chi connectivity index (χ1n) is 5.34. The topological polar surface area (TPSA) is 44.2 Å².